The Balaban J connectivity index is 1.39. The highest BCUT2D eigenvalue weighted by atomic mass is 32.1. The van der Waals surface area contributed by atoms with Crippen molar-refractivity contribution in [3.05, 3.63) is 33.2 Å². The normalized spacial score (nSPS) is 16.9. The molecule has 10 nitrogen and oxygen atoms in total. The monoisotopic (exact) mass is 485 g/mol. The topological polar surface area (TPSA) is 136 Å². The summed E-state index contributed by atoms with van der Waals surface area (Å²) < 4.78 is 44.7. The Labute approximate surface area is 190 Å². The third-order valence-electron chi connectivity index (χ3n) is 4.85. The maximum absolute atomic E-state index is 13.1. The average Bonchev–Trinajstić information content (AvgIpc) is 3.40. The van der Waals surface area contributed by atoms with Gasteiger partial charge in [0.25, 0.3) is 5.56 Å². The zero-order chi connectivity index (χ0) is 24.0. The van der Waals surface area contributed by atoms with Crippen LogP contribution >= 0.6 is 11.3 Å². The molecule has 2 aromatic rings. The molecule has 0 spiro atoms. The van der Waals surface area contributed by atoms with Crippen LogP contribution in [0.15, 0.2) is 17.2 Å². The second kappa shape index (κ2) is 10.6. The molecule has 2 atom stereocenters. The van der Waals surface area contributed by atoms with Crippen LogP contribution in [0.2, 0.25) is 0 Å². The van der Waals surface area contributed by atoms with Gasteiger partial charge >= 0.3 is 6.18 Å². The molecule has 2 aromatic heterocycles. The minimum atomic E-state index is -4.83. The van der Waals surface area contributed by atoms with E-state index in [-0.39, 0.29) is 31.6 Å². The standard InChI is InChI=1S/C19H22F3N7O3S/c1-11(26-14-8-25-28-17(31)16(14)19(20,21)22)10-32-5-3-15(30)29-4-2-12(9-29)27-18-24-7-13(6-23)33-18/h7-8,11-12H,2-5,9-10H2,1H3,(H,24,27)(H2,26,28,31)/t11-,12?/m0/s1. The van der Waals surface area contributed by atoms with Crippen molar-refractivity contribution < 1.29 is 22.7 Å². The summed E-state index contributed by atoms with van der Waals surface area (Å²) in [5.41, 5.74) is -3.11. The van der Waals surface area contributed by atoms with E-state index in [4.69, 9.17) is 10.00 Å². The number of nitriles is 1. The highest BCUT2D eigenvalue weighted by Crippen LogP contribution is 2.31. The fraction of sp³-hybridized carbons (Fsp3) is 0.526. The van der Waals surface area contributed by atoms with Crippen molar-refractivity contribution in [2.24, 2.45) is 0 Å². The fourth-order valence-corrected chi connectivity index (χ4v) is 4.04. The lowest BCUT2D eigenvalue weighted by molar-refractivity contribution is -0.138. The Bertz CT molecular complexity index is 1070. The van der Waals surface area contributed by atoms with Crippen molar-refractivity contribution >= 4 is 28.1 Å². The zero-order valence-electron chi connectivity index (χ0n) is 17.6. The summed E-state index contributed by atoms with van der Waals surface area (Å²) in [5.74, 6) is -0.0880. The maximum Gasteiger partial charge on any atom is 0.423 e. The van der Waals surface area contributed by atoms with Crippen LogP contribution in [0.4, 0.5) is 24.0 Å². The number of amides is 1. The molecule has 178 valence electrons. The summed E-state index contributed by atoms with van der Waals surface area (Å²) in [4.78, 5) is 30.2. The number of nitrogens with zero attached hydrogens (tertiary/aromatic N) is 4. The van der Waals surface area contributed by atoms with E-state index in [0.29, 0.717) is 23.1 Å². The number of hydrogen-bond acceptors (Lipinski definition) is 9. The minimum Gasteiger partial charge on any atom is -0.379 e. The Morgan fingerprint density at radius 2 is 2.27 bits per heavy atom. The highest BCUT2D eigenvalue weighted by molar-refractivity contribution is 7.16. The van der Waals surface area contributed by atoms with Gasteiger partial charge in [0.2, 0.25) is 5.91 Å². The number of likely N-dealkylation sites (tertiary alicyclic amines) is 1. The van der Waals surface area contributed by atoms with Gasteiger partial charge in [-0.3, -0.25) is 9.59 Å². The SMILES string of the molecule is C[C@@H](COCCC(=O)N1CCC(Nc2ncc(C#N)s2)C1)Nc1cn[nH]c(=O)c1C(F)(F)F. The first-order valence-electron chi connectivity index (χ1n) is 10.1. The van der Waals surface area contributed by atoms with Crippen molar-refractivity contribution in [2.45, 2.75) is 38.0 Å². The van der Waals surface area contributed by atoms with E-state index in [2.05, 4.69) is 20.7 Å². The molecule has 1 aliphatic heterocycles. The molecular weight excluding hydrogens is 463 g/mol. The zero-order valence-corrected chi connectivity index (χ0v) is 18.4. The number of carbonyl (C=O) groups excluding carboxylic acids is 1. The lowest BCUT2D eigenvalue weighted by atomic mass is 10.2. The molecule has 0 bridgehead atoms. The number of ether oxygens (including phenoxy) is 1. The molecule has 3 heterocycles. The van der Waals surface area contributed by atoms with Crippen LogP contribution in [0.25, 0.3) is 0 Å². The molecule has 33 heavy (non-hydrogen) atoms. The molecule has 3 rings (SSSR count). The molecule has 1 saturated heterocycles. The van der Waals surface area contributed by atoms with Gasteiger partial charge in [0.05, 0.1) is 37.7 Å². The molecule has 0 aliphatic carbocycles. The molecule has 1 unspecified atom stereocenters. The van der Waals surface area contributed by atoms with Gasteiger partial charge < -0.3 is 20.3 Å². The number of rotatable bonds is 9. The number of hydrogen-bond donors (Lipinski definition) is 3. The Hall–Kier alpha value is -3.18. The second-order valence-electron chi connectivity index (χ2n) is 7.47. The molecule has 0 radical (unpaired) electrons. The molecule has 1 fully saturated rings. The summed E-state index contributed by atoms with van der Waals surface area (Å²) in [7, 11) is 0. The van der Waals surface area contributed by atoms with Gasteiger partial charge in [0, 0.05) is 25.2 Å². The summed E-state index contributed by atoms with van der Waals surface area (Å²) in [5, 5.41) is 20.5. The number of anilines is 2. The van der Waals surface area contributed by atoms with Crippen LogP contribution in [-0.2, 0) is 15.7 Å². The fourth-order valence-electron chi connectivity index (χ4n) is 3.35. The molecule has 0 aromatic carbocycles. The van der Waals surface area contributed by atoms with Crippen LogP contribution in [0.3, 0.4) is 0 Å². The minimum absolute atomic E-state index is 0.0346. The van der Waals surface area contributed by atoms with Crippen LogP contribution < -0.4 is 16.2 Å². The van der Waals surface area contributed by atoms with Gasteiger partial charge in [-0.1, -0.05) is 11.3 Å². The maximum atomic E-state index is 13.1. The third kappa shape index (κ3) is 6.65. The van der Waals surface area contributed by atoms with E-state index in [1.165, 1.54) is 17.5 Å². The van der Waals surface area contributed by atoms with Crippen molar-refractivity contribution in [3.8, 4) is 6.07 Å². The van der Waals surface area contributed by atoms with Gasteiger partial charge in [-0.2, -0.15) is 23.5 Å². The number of thiazole rings is 1. The summed E-state index contributed by atoms with van der Waals surface area (Å²) in [6, 6.07) is 1.52. The lowest BCUT2D eigenvalue weighted by Gasteiger charge is -2.19. The van der Waals surface area contributed by atoms with Gasteiger partial charge in [-0.25, -0.2) is 10.1 Å². The number of aromatic nitrogens is 3. The Kier molecular flexibility index (Phi) is 7.88. The van der Waals surface area contributed by atoms with Gasteiger partial charge in [-0.15, -0.1) is 0 Å². The van der Waals surface area contributed by atoms with Gasteiger partial charge in [0.1, 0.15) is 16.5 Å². The van der Waals surface area contributed by atoms with Crippen LogP contribution in [0.1, 0.15) is 30.2 Å². The molecule has 3 N–H and O–H groups in total. The largest absolute Gasteiger partial charge is 0.423 e. The molecular formula is C19H22F3N7O3S. The van der Waals surface area contributed by atoms with Crippen LogP contribution in [0, 0.1) is 11.3 Å². The predicted molar refractivity (Wildman–Crippen MR) is 114 cm³/mol. The van der Waals surface area contributed by atoms with Crippen molar-refractivity contribution in [1.29, 1.82) is 5.26 Å². The highest BCUT2D eigenvalue weighted by Gasteiger charge is 2.37. The number of nitrogens with one attached hydrogen (secondary N) is 3. The van der Waals surface area contributed by atoms with E-state index in [1.54, 1.807) is 16.9 Å². The van der Waals surface area contributed by atoms with E-state index in [9.17, 15) is 22.8 Å². The number of H-pyrrole nitrogens is 1. The molecule has 1 amide bonds. The van der Waals surface area contributed by atoms with E-state index in [1.807, 2.05) is 6.07 Å². The lowest BCUT2D eigenvalue weighted by Crippen LogP contribution is -2.32. The second-order valence-corrected chi connectivity index (χ2v) is 8.50. The first-order valence-corrected chi connectivity index (χ1v) is 10.9. The molecule has 1 aliphatic rings. The van der Waals surface area contributed by atoms with E-state index in [0.717, 1.165) is 12.6 Å². The van der Waals surface area contributed by atoms with E-state index >= 15 is 0 Å². The number of carbonyl (C=O) groups is 1. The Morgan fingerprint density at radius 3 is 2.97 bits per heavy atom. The predicted octanol–water partition coefficient (Wildman–Crippen LogP) is 2.04. The average molecular weight is 485 g/mol. The molecule has 0 saturated carbocycles. The van der Waals surface area contributed by atoms with Crippen molar-refractivity contribution in [1.82, 2.24) is 20.1 Å². The quantitative estimate of drug-likeness (QED) is 0.459. The number of halogens is 3. The summed E-state index contributed by atoms with van der Waals surface area (Å²) in [6.45, 7) is 2.83. The van der Waals surface area contributed by atoms with E-state index < -0.39 is 29.0 Å². The van der Waals surface area contributed by atoms with Gasteiger partial charge in [0.15, 0.2) is 5.13 Å². The van der Waals surface area contributed by atoms with Crippen molar-refractivity contribution in [3.63, 3.8) is 0 Å². The van der Waals surface area contributed by atoms with Crippen LogP contribution in [0.5, 0.6) is 0 Å². The smallest absolute Gasteiger partial charge is 0.379 e. The number of alkyl halides is 3. The third-order valence-corrected chi connectivity index (χ3v) is 5.69. The van der Waals surface area contributed by atoms with Crippen LogP contribution in [-0.4, -0.2) is 64.4 Å². The Morgan fingerprint density at radius 1 is 1.48 bits per heavy atom. The molecule has 14 heteroatoms. The van der Waals surface area contributed by atoms with Gasteiger partial charge in [-0.05, 0) is 13.3 Å². The first-order chi connectivity index (χ1) is 15.7. The first kappa shape index (κ1) is 24.5. The number of aromatic amines is 1. The van der Waals surface area contributed by atoms with Crippen molar-refractivity contribution in [2.75, 3.05) is 36.9 Å². The summed E-state index contributed by atoms with van der Waals surface area (Å²) in [6.07, 6.45) is -1.55. The summed E-state index contributed by atoms with van der Waals surface area (Å²) >= 11 is 1.25.